The van der Waals surface area contributed by atoms with E-state index in [2.05, 4.69) is 4.90 Å². The zero-order chi connectivity index (χ0) is 15.5. The lowest BCUT2D eigenvalue weighted by atomic mass is 10.1. The number of nitrogens with two attached hydrogens (primary N) is 1. The Kier molecular flexibility index (Phi) is 5.08. The van der Waals surface area contributed by atoms with Crippen LogP contribution in [0.15, 0.2) is 23.1 Å². The summed E-state index contributed by atoms with van der Waals surface area (Å²) in [5, 5.41) is 8.76. The Labute approximate surface area is 125 Å². The molecule has 0 amide bonds. The zero-order valence-electron chi connectivity index (χ0n) is 12.2. The minimum absolute atomic E-state index is 0.0313. The van der Waals surface area contributed by atoms with E-state index >= 15 is 0 Å². The third-order valence-corrected chi connectivity index (χ3v) is 4.83. The summed E-state index contributed by atoms with van der Waals surface area (Å²) < 4.78 is 29.0. The highest BCUT2D eigenvalue weighted by Crippen LogP contribution is 2.31. The lowest BCUT2D eigenvalue weighted by Gasteiger charge is -2.34. The molecule has 0 saturated carbocycles. The molecule has 1 saturated heterocycles. The van der Waals surface area contributed by atoms with E-state index in [0.717, 1.165) is 37.9 Å². The van der Waals surface area contributed by atoms with Gasteiger partial charge in [-0.3, -0.25) is 0 Å². The number of anilines is 2. The quantitative estimate of drug-likeness (QED) is 0.775. The monoisotopic (exact) mass is 314 g/mol. The number of hydrogen-bond donors (Lipinski definition) is 2. The number of sulfone groups is 1. The molecule has 0 radical (unpaired) electrons. The van der Waals surface area contributed by atoms with Gasteiger partial charge in [-0.25, -0.2) is 8.42 Å². The molecule has 6 nitrogen and oxygen atoms in total. The van der Waals surface area contributed by atoms with Crippen LogP contribution in [0.1, 0.15) is 12.8 Å². The number of nitrogen functional groups attached to an aromatic ring is 1. The van der Waals surface area contributed by atoms with Gasteiger partial charge in [0, 0.05) is 19.3 Å². The van der Waals surface area contributed by atoms with Crippen LogP contribution in [0.25, 0.3) is 0 Å². The first-order valence-electron chi connectivity index (χ1n) is 6.99. The molecule has 2 rings (SSSR count). The Morgan fingerprint density at radius 1 is 1.38 bits per heavy atom. The van der Waals surface area contributed by atoms with Crippen LogP contribution in [0, 0.1) is 0 Å². The van der Waals surface area contributed by atoms with Gasteiger partial charge < -0.3 is 20.5 Å². The van der Waals surface area contributed by atoms with Crippen molar-refractivity contribution in [2.75, 3.05) is 43.2 Å². The molecule has 0 spiro atoms. The molecule has 1 aliphatic heterocycles. The van der Waals surface area contributed by atoms with Crippen molar-refractivity contribution in [1.82, 2.24) is 0 Å². The van der Waals surface area contributed by atoms with Crippen LogP contribution in [0.5, 0.6) is 0 Å². The van der Waals surface area contributed by atoms with Crippen molar-refractivity contribution in [2.45, 2.75) is 23.8 Å². The van der Waals surface area contributed by atoms with E-state index in [0.29, 0.717) is 12.3 Å². The van der Waals surface area contributed by atoms with Crippen LogP contribution in [-0.2, 0) is 14.6 Å². The summed E-state index contributed by atoms with van der Waals surface area (Å²) >= 11 is 0. The SMILES string of the molecule is CS(=O)(=O)c1cccc(N2CCC(OCCO)CC2)c1N. The lowest BCUT2D eigenvalue weighted by molar-refractivity contribution is 0.0159. The zero-order valence-corrected chi connectivity index (χ0v) is 13.0. The van der Waals surface area contributed by atoms with Crippen LogP contribution in [0.3, 0.4) is 0 Å². The van der Waals surface area contributed by atoms with Crippen molar-refractivity contribution in [3.63, 3.8) is 0 Å². The molecule has 0 atom stereocenters. The highest BCUT2D eigenvalue weighted by Gasteiger charge is 2.23. The van der Waals surface area contributed by atoms with Crippen LogP contribution >= 0.6 is 0 Å². The molecule has 1 aliphatic rings. The summed E-state index contributed by atoms with van der Waals surface area (Å²) in [4.78, 5) is 2.27. The second-order valence-corrected chi connectivity index (χ2v) is 7.23. The van der Waals surface area contributed by atoms with E-state index in [1.54, 1.807) is 6.07 Å². The van der Waals surface area contributed by atoms with Gasteiger partial charge in [0.15, 0.2) is 9.84 Å². The number of aliphatic hydroxyl groups is 1. The Hall–Kier alpha value is -1.31. The van der Waals surface area contributed by atoms with Crippen molar-refractivity contribution in [3.8, 4) is 0 Å². The number of ether oxygens (including phenoxy) is 1. The van der Waals surface area contributed by atoms with Gasteiger partial charge in [0.05, 0.1) is 35.6 Å². The summed E-state index contributed by atoms with van der Waals surface area (Å²) in [6, 6.07) is 5.10. The lowest BCUT2D eigenvalue weighted by Crippen LogP contribution is -2.37. The van der Waals surface area contributed by atoms with E-state index < -0.39 is 9.84 Å². The Morgan fingerprint density at radius 3 is 2.62 bits per heavy atom. The van der Waals surface area contributed by atoms with Crippen LogP contribution in [0.2, 0.25) is 0 Å². The number of nitrogens with zero attached hydrogens (tertiary/aromatic N) is 1. The van der Waals surface area contributed by atoms with E-state index in [1.807, 2.05) is 6.07 Å². The van der Waals surface area contributed by atoms with Crippen LogP contribution in [-0.4, -0.2) is 52.2 Å². The third-order valence-electron chi connectivity index (χ3n) is 3.67. The maximum atomic E-state index is 11.7. The van der Waals surface area contributed by atoms with Gasteiger partial charge in [0.25, 0.3) is 0 Å². The number of benzene rings is 1. The number of piperidine rings is 1. The minimum Gasteiger partial charge on any atom is -0.396 e. The third kappa shape index (κ3) is 3.87. The van der Waals surface area contributed by atoms with E-state index in [1.165, 1.54) is 6.07 Å². The van der Waals surface area contributed by atoms with Gasteiger partial charge in [0.2, 0.25) is 0 Å². The maximum Gasteiger partial charge on any atom is 0.177 e. The van der Waals surface area contributed by atoms with Crippen molar-refractivity contribution >= 4 is 21.2 Å². The first-order valence-corrected chi connectivity index (χ1v) is 8.88. The van der Waals surface area contributed by atoms with Gasteiger partial charge >= 0.3 is 0 Å². The molecular weight excluding hydrogens is 292 g/mol. The first-order chi connectivity index (χ1) is 9.93. The highest BCUT2D eigenvalue weighted by molar-refractivity contribution is 7.90. The van der Waals surface area contributed by atoms with Gasteiger partial charge in [-0.2, -0.15) is 0 Å². The maximum absolute atomic E-state index is 11.7. The molecule has 118 valence electrons. The van der Waals surface area contributed by atoms with Gasteiger partial charge in [-0.05, 0) is 25.0 Å². The summed E-state index contributed by atoms with van der Waals surface area (Å²) in [6.45, 7) is 1.90. The molecule has 21 heavy (non-hydrogen) atoms. The molecule has 1 fully saturated rings. The van der Waals surface area contributed by atoms with E-state index in [-0.39, 0.29) is 17.6 Å². The average molecular weight is 314 g/mol. The Balaban J connectivity index is 2.11. The van der Waals surface area contributed by atoms with Crippen molar-refractivity contribution in [2.24, 2.45) is 0 Å². The molecule has 0 aliphatic carbocycles. The second-order valence-electron chi connectivity index (χ2n) is 5.24. The van der Waals surface area contributed by atoms with E-state index in [9.17, 15) is 8.42 Å². The van der Waals surface area contributed by atoms with Crippen molar-refractivity contribution in [1.29, 1.82) is 0 Å². The van der Waals surface area contributed by atoms with Crippen LogP contribution < -0.4 is 10.6 Å². The molecule has 1 heterocycles. The smallest absolute Gasteiger partial charge is 0.177 e. The van der Waals surface area contributed by atoms with Crippen molar-refractivity contribution < 1.29 is 18.3 Å². The fourth-order valence-electron chi connectivity index (χ4n) is 2.61. The molecular formula is C14H22N2O4S. The number of rotatable bonds is 5. The molecule has 7 heteroatoms. The van der Waals surface area contributed by atoms with Gasteiger partial charge in [0.1, 0.15) is 0 Å². The molecule has 0 aromatic heterocycles. The molecule has 3 N–H and O–H groups in total. The minimum atomic E-state index is -3.32. The number of para-hydroxylation sites is 1. The fourth-order valence-corrected chi connectivity index (χ4v) is 3.44. The van der Waals surface area contributed by atoms with Gasteiger partial charge in [-0.1, -0.05) is 6.07 Å². The van der Waals surface area contributed by atoms with E-state index in [4.69, 9.17) is 15.6 Å². The Morgan fingerprint density at radius 2 is 2.05 bits per heavy atom. The molecule has 0 unspecified atom stereocenters. The second kappa shape index (κ2) is 6.64. The largest absolute Gasteiger partial charge is 0.396 e. The number of aliphatic hydroxyl groups excluding tert-OH is 1. The molecule has 1 aromatic carbocycles. The topological polar surface area (TPSA) is 92.9 Å². The Bertz CT molecular complexity index is 581. The summed E-state index contributed by atoms with van der Waals surface area (Å²) in [6.07, 6.45) is 2.98. The van der Waals surface area contributed by atoms with Crippen LogP contribution in [0.4, 0.5) is 11.4 Å². The predicted octanol–water partition coefficient (Wildman–Crippen LogP) is 0.650. The average Bonchev–Trinajstić information content (AvgIpc) is 2.45. The molecule has 0 bridgehead atoms. The fraction of sp³-hybridized carbons (Fsp3) is 0.571. The van der Waals surface area contributed by atoms with Gasteiger partial charge in [-0.15, -0.1) is 0 Å². The highest BCUT2D eigenvalue weighted by atomic mass is 32.2. The molecule has 1 aromatic rings. The standard InChI is InChI=1S/C14H22N2O4S/c1-21(18,19)13-4-2-3-12(14(13)15)16-7-5-11(6-8-16)20-10-9-17/h2-4,11,17H,5-10,15H2,1H3. The summed E-state index contributed by atoms with van der Waals surface area (Å²) in [5.41, 5.74) is 7.11. The summed E-state index contributed by atoms with van der Waals surface area (Å²) in [7, 11) is -3.32. The first kappa shape index (κ1) is 16.1. The predicted molar refractivity (Wildman–Crippen MR) is 82.2 cm³/mol. The number of hydrogen-bond acceptors (Lipinski definition) is 6. The normalized spacial score (nSPS) is 17.1. The summed E-state index contributed by atoms with van der Waals surface area (Å²) in [5.74, 6) is 0. The van der Waals surface area contributed by atoms with Crippen molar-refractivity contribution in [3.05, 3.63) is 18.2 Å².